The summed E-state index contributed by atoms with van der Waals surface area (Å²) in [7, 11) is -3.31. The summed E-state index contributed by atoms with van der Waals surface area (Å²) < 4.78 is 24.8. The lowest BCUT2D eigenvalue weighted by molar-refractivity contribution is 0.438. The average molecular weight is 336 g/mol. The van der Waals surface area contributed by atoms with Crippen LogP contribution in [-0.2, 0) is 15.6 Å². The molecular weight excluding hydrogens is 316 g/mol. The highest BCUT2D eigenvalue weighted by Crippen LogP contribution is 2.27. The van der Waals surface area contributed by atoms with Gasteiger partial charge in [-0.15, -0.1) is 11.3 Å². The number of thiazole rings is 1. The molecule has 2 heterocycles. The Balaban J connectivity index is 1.72. The lowest BCUT2D eigenvalue weighted by Gasteiger charge is -2.29. The SMILES string of the molecule is CC1CCN(c2nc(CS(=O)(=O)c3ccccc3)cs2)CC1. The van der Waals surface area contributed by atoms with Crippen LogP contribution in [0.5, 0.6) is 0 Å². The molecule has 0 amide bonds. The van der Waals surface area contributed by atoms with Gasteiger partial charge >= 0.3 is 0 Å². The van der Waals surface area contributed by atoms with E-state index in [-0.39, 0.29) is 5.75 Å². The van der Waals surface area contributed by atoms with Crippen LogP contribution >= 0.6 is 11.3 Å². The molecular formula is C16H20N2O2S2. The molecule has 0 spiro atoms. The van der Waals surface area contributed by atoms with Gasteiger partial charge in [-0.3, -0.25) is 0 Å². The summed E-state index contributed by atoms with van der Waals surface area (Å²) >= 11 is 1.54. The molecule has 0 atom stereocenters. The van der Waals surface area contributed by atoms with Crippen molar-refractivity contribution in [2.75, 3.05) is 18.0 Å². The van der Waals surface area contributed by atoms with Gasteiger partial charge in [-0.05, 0) is 30.9 Å². The van der Waals surface area contributed by atoms with E-state index < -0.39 is 9.84 Å². The van der Waals surface area contributed by atoms with E-state index >= 15 is 0 Å². The van der Waals surface area contributed by atoms with E-state index in [1.165, 1.54) is 12.8 Å². The Hall–Kier alpha value is -1.40. The van der Waals surface area contributed by atoms with Crippen molar-refractivity contribution in [2.45, 2.75) is 30.4 Å². The average Bonchev–Trinajstić information content (AvgIpc) is 2.97. The smallest absolute Gasteiger partial charge is 0.185 e. The van der Waals surface area contributed by atoms with Gasteiger partial charge in [0, 0.05) is 18.5 Å². The van der Waals surface area contributed by atoms with Gasteiger partial charge in [-0.1, -0.05) is 25.1 Å². The van der Waals surface area contributed by atoms with E-state index in [9.17, 15) is 8.42 Å². The van der Waals surface area contributed by atoms with Gasteiger partial charge in [0.15, 0.2) is 15.0 Å². The third-order valence-corrected chi connectivity index (χ3v) is 6.65. The summed E-state index contributed by atoms with van der Waals surface area (Å²) in [4.78, 5) is 7.16. The molecule has 1 aliphatic heterocycles. The van der Waals surface area contributed by atoms with Gasteiger partial charge in [0.05, 0.1) is 16.3 Å². The van der Waals surface area contributed by atoms with Crippen LogP contribution in [0, 0.1) is 5.92 Å². The summed E-state index contributed by atoms with van der Waals surface area (Å²) in [5.41, 5.74) is 0.641. The Morgan fingerprint density at radius 2 is 1.91 bits per heavy atom. The predicted octanol–water partition coefficient (Wildman–Crippen LogP) is 3.35. The van der Waals surface area contributed by atoms with E-state index in [4.69, 9.17) is 0 Å². The molecule has 0 radical (unpaired) electrons. The van der Waals surface area contributed by atoms with Crippen LogP contribution in [0.4, 0.5) is 5.13 Å². The van der Waals surface area contributed by atoms with Crippen molar-refractivity contribution in [1.82, 2.24) is 4.98 Å². The molecule has 2 aromatic rings. The minimum absolute atomic E-state index is 0.0300. The minimum atomic E-state index is -3.31. The zero-order chi connectivity index (χ0) is 15.6. The Morgan fingerprint density at radius 3 is 2.59 bits per heavy atom. The number of piperidine rings is 1. The van der Waals surface area contributed by atoms with E-state index in [0.29, 0.717) is 10.6 Å². The van der Waals surface area contributed by atoms with Crippen molar-refractivity contribution in [3.63, 3.8) is 0 Å². The molecule has 1 aromatic carbocycles. The molecule has 1 aliphatic rings. The van der Waals surface area contributed by atoms with Crippen LogP contribution in [-0.4, -0.2) is 26.5 Å². The van der Waals surface area contributed by atoms with Crippen molar-refractivity contribution < 1.29 is 8.42 Å². The summed E-state index contributed by atoms with van der Waals surface area (Å²) in [5, 5.41) is 2.82. The largest absolute Gasteiger partial charge is 0.348 e. The molecule has 6 heteroatoms. The number of benzene rings is 1. The lowest BCUT2D eigenvalue weighted by Crippen LogP contribution is -2.32. The van der Waals surface area contributed by atoms with Crippen LogP contribution in [0.2, 0.25) is 0 Å². The van der Waals surface area contributed by atoms with Gasteiger partial charge in [-0.2, -0.15) is 0 Å². The third kappa shape index (κ3) is 3.50. The van der Waals surface area contributed by atoms with Gasteiger partial charge in [0.2, 0.25) is 0 Å². The molecule has 1 saturated heterocycles. The number of anilines is 1. The first-order valence-electron chi connectivity index (χ1n) is 7.52. The summed E-state index contributed by atoms with van der Waals surface area (Å²) in [5.74, 6) is 0.742. The number of sulfone groups is 1. The van der Waals surface area contributed by atoms with Gasteiger partial charge in [0.25, 0.3) is 0 Å². The first kappa shape index (κ1) is 15.5. The first-order valence-corrected chi connectivity index (χ1v) is 10.0. The van der Waals surface area contributed by atoms with Crippen molar-refractivity contribution in [3.8, 4) is 0 Å². The third-order valence-electron chi connectivity index (χ3n) is 4.03. The van der Waals surface area contributed by atoms with Crippen molar-refractivity contribution >= 4 is 26.3 Å². The standard InChI is InChI=1S/C16H20N2O2S2/c1-13-7-9-18(10-8-13)16-17-14(11-21-16)12-22(19,20)15-5-3-2-4-6-15/h2-6,11,13H,7-10,12H2,1H3. The molecule has 0 aliphatic carbocycles. The molecule has 0 saturated carbocycles. The normalized spacial score (nSPS) is 16.9. The molecule has 1 aromatic heterocycles. The first-order chi connectivity index (χ1) is 10.5. The number of hydrogen-bond acceptors (Lipinski definition) is 5. The Bertz CT molecular complexity index is 718. The Kier molecular flexibility index (Phi) is 4.49. The monoisotopic (exact) mass is 336 g/mol. The molecule has 22 heavy (non-hydrogen) atoms. The van der Waals surface area contributed by atoms with E-state index in [2.05, 4.69) is 16.8 Å². The van der Waals surface area contributed by atoms with Crippen LogP contribution in [0.3, 0.4) is 0 Å². The number of nitrogens with zero attached hydrogens (tertiary/aromatic N) is 2. The topological polar surface area (TPSA) is 50.3 Å². The van der Waals surface area contributed by atoms with Crippen LogP contribution in [0.25, 0.3) is 0 Å². The second-order valence-corrected chi connectivity index (χ2v) is 8.69. The van der Waals surface area contributed by atoms with E-state index in [1.54, 1.807) is 35.6 Å². The second kappa shape index (κ2) is 6.38. The van der Waals surface area contributed by atoms with Crippen molar-refractivity contribution in [1.29, 1.82) is 0 Å². The Labute approximate surface area is 135 Å². The summed E-state index contributed by atoms with van der Waals surface area (Å²) in [6.07, 6.45) is 2.36. The summed E-state index contributed by atoms with van der Waals surface area (Å²) in [6, 6.07) is 8.57. The molecule has 118 valence electrons. The highest BCUT2D eigenvalue weighted by molar-refractivity contribution is 7.90. The number of rotatable bonds is 4. The van der Waals surface area contributed by atoms with Crippen molar-refractivity contribution in [3.05, 3.63) is 41.4 Å². The molecule has 0 bridgehead atoms. The maximum absolute atomic E-state index is 12.4. The van der Waals surface area contributed by atoms with Crippen LogP contribution in [0.15, 0.2) is 40.6 Å². The number of aromatic nitrogens is 1. The zero-order valence-corrected chi connectivity index (χ0v) is 14.2. The van der Waals surface area contributed by atoms with Gasteiger partial charge < -0.3 is 4.90 Å². The highest BCUT2D eigenvalue weighted by Gasteiger charge is 2.21. The van der Waals surface area contributed by atoms with Crippen molar-refractivity contribution in [2.24, 2.45) is 5.92 Å². The zero-order valence-electron chi connectivity index (χ0n) is 12.6. The summed E-state index contributed by atoms with van der Waals surface area (Å²) in [6.45, 7) is 4.30. The fourth-order valence-electron chi connectivity index (χ4n) is 2.61. The Morgan fingerprint density at radius 1 is 1.23 bits per heavy atom. The molecule has 0 unspecified atom stereocenters. The van der Waals surface area contributed by atoms with Gasteiger partial charge in [0.1, 0.15) is 0 Å². The van der Waals surface area contributed by atoms with E-state index in [0.717, 1.165) is 24.1 Å². The minimum Gasteiger partial charge on any atom is -0.348 e. The van der Waals surface area contributed by atoms with Gasteiger partial charge in [-0.25, -0.2) is 13.4 Å². The lowest BCUT2D eigenvalue weighted by atomic mass is 10.00. The molecule has 0 N–H and O–H groups in total. The highest BCUT2D eigenvalue weighted by atomic mass is 32.2. The van der Waals surface area contributed by atoms with Crippen LogP contribution in [0.1, 0.15) is 25.5 Å². The fraction of sp³-hybridized carbons (Fsp3) is 0.438. The van der Waals surface area contributed by atoms with E-state index in [1.807, 2.05) is 11.4 Å². The number of hydrogen-bond donors (Lipinski definition) is 0. The predicted molar refractivity (Wildman–Crippen MR) is 90.1 cm³/mol. The van der Waals surface area contributed by atoms with Crippen LogP contribution < -0.4 is 4.90 Å². The molecule has 1 fully saturated rings. The maximum atomic E-state index is 12.4. The second-order valence-electron chi connectivity index (χ2n) is 5.86. The fourth-order valence-corrected chi connectivity index (χ4v) is 4.87. The molecule has 3 rings (SSSR count). The quantitative estimate of drug-likeness (QED) is 0.859. The maximum Gasteiger partial charge on any atom is 0.185 e. The molecule has 4 nitrogen and oxygen atoms in total.